The molecule has 0 bridgehead atoms. The van der Waals surface area contributed by atoms with Crippen LogP contribution in [0.1, 0.15) is 32.3 Å². The molecule has 10 heteroatoms. The lowest BCUT2D eigenvalue weighted by atomic mass is 9.96. The van der Waals surface area contributed by atoms with Crippen molar-refractivity contribution in [3.05, 3.63) is 29.8 Å². The molecule has 2 N–H and O–H groups in total. The van der Waals surface area contributed by atoms with Crippen LogP contribution < -0.4 is 10.6 Å². The predicted molar refractivity (Wildman–Crippen MR) is 110 cm³/mol. The molecule has 0 spiro atoms. The molecule has 3 amide bonds. The molecule has 1 unspecified atom stereocenters. The van der Waals surface area contributed by atoms with Crippen LogP contribution in [0, 0.1) is 0 Å². The van der Waals surface area contributed by atoms with E-state index in [1.54, 1.807) is 12.1 Å². The highest BCUT2D eigenvalue weighted by atomic mass is 32.2. The Bertz CT molecular complexity index is 898. The highest BCUT2D eigenvalue weighted by Gasteiger charge is 2.47. The van der Waals surface area contributed by atoms with E-state index in [9.17, 15) is 22.8 Å². The Labute approximate surface area is 171 Å². The number of anilines is 1. The first-order valence-electron chi connectivity index (χ1n) is 9.24. The molecule has 1 saturated heterocycles. The van der Waals surface area contributed by atoms with Crippen LogP contribution in [0.3, 0.4) is 0 Å². The van der Waals surface area contributed by atoms with Crippen LogP contribution in [0.4, 0.5) is 5.69 Å². The number of nitrogens with one attached hydrogen (secondary N) is 2. The fourth-order valence-electron chi connectivity index (χ4n) is 3.00. The van der Waals surface area contributed by atoms with Crippen molar-refractivity contribution in [1.82, 2.24) is 14.5 Å². The van der Waals surface area contributed by atoms with Gasteiger partial charge in [-0.05, 0) is 30.5 Å². The number of carbonyl (C=O) groups is 3. The van der Waals surface area contributed by atoms with Crippen LogP contribution in [-0.4, -0.2) is 73.8 Å². The normalized spacial score (nSPS) is 20.6. The second kappa shape index (κ2) is 8.50. The minimum absolute atomic E-state index is 0.182. The molecule has 1 aliphatic heterocycles. The summed E-state index contributed by atoms with van der Waals surface area (Å²) in [6.07, 6.45) is 0.988. The van der Waals surface area contributed by atoms with Crippen LogP contribution in [-0.2, 0) is 24.4 Å². The van der Waals surface area contributed by atoms with Gasteiger partial charge in [-0.2, -0.15) is 4.31 Å². The predicted octanol–water partition coefficient (Wildman–Crippen LogP) is 0.357. The monoisotopic (exact) mass is 424 g/mol. The van der Waals surface area contributed by atoms with Gasteiger partial charge >= 0.3 is 0 Å². The van der Waals surface area contributed by atoms with E-state index in [1.807, 2.05) is 12.1 Å². The van der Waals surface area contributed by atoms with E-state index in [4.69, 9.17) is 0 Å². The molecule has 29 heavy (non-hydrogen) atoms. The molecular formula is C19H28N4O5S. The number of amides is 3. The number of hydrogen-bond acceptors (Lipinski definition) is 5. The van der Waals surface area contributed by atoms with Gasteiger partial charge in [0.1, 0.15) is 5.54 Å². The topological polar surface area (TPSA) is 116 Å². The maximum Gasteiger partial charge on any atom is 0.247 e. The van der Waals surface area contributed by atoms with E-state index in [2.05, 4.69) is 24.5 Å². The molecule has 2 rings (SSSR count). The van der Waals surface area contributed by atoms with Crippen molar-refractivity contribution < 1.29 is 22.8 Å². The van der Waals surface area contributed by atoms with E-state index >= 15 is 0 Å². The van der Waals surface area contributed by atoms with E-state index in [1.165, 1.54) is 18.9 Å². The molecule has 1 atom stereocenters. The van der Waals surface area contributed by atoms with E-state index in [0.29, 0.717) is 11.6 Å². The van der Waals surface area contributed by atoms with Crippen molar-refractivity contribution in [2.24, 2.45) is 0 Å². The zero-order chi connectivity index (χ0) is 22.0. The SMILES string of the molecule is CC(C)c1ccc(NC(=O)CNC(=O)C2(C)CN(S(C)(=O)=O)CC(=O)N2C)cc1. The third-order valence-corrected chi connectivity index (χ3v) is 6.34. The van der Waals surface area contributed by atoms with E-state index < -0.39 is 33.3 Å². The molecule has 0 radical (unpaired) electrons. The lowest BCUT2D eigenvalue weighted by Crippen LogP contribution is -2.68. The Balaban J connectivity index is 2.00. The summed E-state index contributed by atoms with van der Waals surface area (Å²) >= 11 is 0. The number of rotatable bonds is 6. The van der Waals surface area contributed by atoms with Gasteiger partial charge in [0, 0.05) is 19.3 Å². The van der Waals surface area contributed by atoms with Gasteiger partial charge < -0.3 is 15.5 Å². The first kappa shape index (κ1) is 22.8. The van der Waals surface area contributed by atoms with Crippen molar-refractivity contribution in [2.75, 3.05) is 38.3 Å². The van der Waals surface area contributed by atoms with Gasteiger partial charge in [-0.15, -0.1) is 0 Å². The second-order valence-electron chi connectivity index (χ2n) is 7.77. The number of carbonyl (C=O) groups excluding carboxylic acids is 3. The zero-order valence-corrected chi connectivity index (χ0v) is 18.2. The quantitative estimate of drug-likeness (QED) is 0.684. The van der Waals surface area contributed by atoms with Crippen LogP contribution in [0.2, 0.25) is 0 Å². The van der Waals surface area contributed by atoms with Gasteiger partial charge in [-0.3, -0.25) is 14.4 Å². The van der Waals surface area contributed by atoms with Gasteiger partial charge in [0.05, 0.1) is 19.3 Å². The van der Waals surface area contributed by atoms with E-state index in [-0.39, 0.29) is 19.6 Å². The lowest BCUT2D eigenvalue weighted by molar-refractivity contribution is -0.150. The van der Waals surface area contributed by atoms with Crippen LogP contribution in [0.25, 0.3) is 0 Å². The largest absolute Gasteiger partial charge is 0.345 e. The Morgan fingerprint density at radius 3 is 2.31 bits per heavy atom. The van der Waals surface area contributed by atoms with Crippen LogP contribution in [0.15, 0.2) is 24.3 Å². The summed E-state index contributed by atoms with van der Waals surface area (Å²) in [6, 6.07) is 7.41. The Morgan fingerprint density at radius 1 is 1.21 bits per heavy atom. The first-order chi connectivity index (χ1) is 13.3. The summed E-state index contributed by atoms with van der Waals surface area (Å²) in [5, 5.41) is 5.19. The maximum absolute atomic E-state index is 12.7. The minimum Gasteiger partial charge on any atom is -0.345 e. The number of benzene rings is 1. The molecule has 1 aliphatic rings. The Hall–Kier alpha value is -2.46. The number of likely N-dealkylation sites (N-methyl/N-ethyl adjacent to an activating group) is 1. The molecule has 0 saturated carbocycles. The minimum atomic E-state index is -3.64. The Morgan fingerprint density at radius 2 is 1.79 bits per heavy atom. The van der Waals surface area contributed by atoms with Crippen LogP contribution in [0.5, 0.6) is 0 Å². The van der Waals surface area contributed by atoms with Crippen molar-refractivity contribution in [3.8, 4) is 0 Å². The Kier molecular flexibility index (Phi) is 6.69. The van der Waals surface area contributed by atoms with Gasteiger partial charge in [0.25, 0.3) is 0 Å². The standard InChI is InChI=1S/C19H28N4O5S/c1-13(2)14-6-8-15(9-7-14)21-16(24)10-20-18(26)19(3)12-23(29(5,27)28)11-17(25)22(19)4/h6-9,13H,10-12H2,1-5H3,(H,20,26)(H,21,24). The summed E-state index contributed by atoms with van der Waals surface area (Å²) in [5.74, 6) is -1.15. The lowest BCUT2D eigenvalue weighted by Gasteiger charge is -2.44. The summed E-state index contributed by atoms with van der Waals surface area (Å²) in [5.41, 5.74) is 0.329. The van der Waals surface area contributed by atoms with Crippen molar-refractivity contribution in [1.29, 1.82) is 0 Å². The summed E-state index contributed by atoms with van der Waals surface area (Å²) < 4.78 is 24.7. The summed E-state index contributed by atoms with van der Waals surface area (Å²) in [4.78, 5) is 38.3. The molecule has 0 aliphatic carbocycles. The highest BCUT2D eigenvalue weighted by Crippen LogP contribution is 2.23. The average molecular weight is 425 g/mol. The van der Waals surface area contributed by atoms with Gasteiger partial charge in [0.2, 0.25) is 27.7 Å². The molecule has 1 aromatic carbocycles. The average Bonchev–Trinajstić information content (AvgIpc) is 2.63. The van der Waals surface area contributed by atoms with E-state index in [0.717, 1.165) is 16.1 Å². The zero-order valence-electron chi connectivity index (χ0n) is 17.4. The van der Waals surface area contributed by atoms with Crippen molar-refractivity contribution in [3.63, 3.8) is 0 Å². The van der Waals surface area contributed by atoms with Crippen molar-refractivity contribution >= 4 is 33.4 Å². The smallest absolute Gasteiger partial charge is 0.247 e. The molecule has 1 fully saturated rings. The van der Waals surface area contributed by atoms with Crippen LogP contribution >= 0.6 is 0 Å². The number of piperazine rings is 1. The molecule has 1 aromatic rings. The summed E-state index contributed by atoms with van der Waals surface area (Å²) in [7, 11) is -2.20. The fraction of sp³-hybridized carbons (Fsp3) is 0.526. The third kappa shape index (κ3) is 5.33. The molecule has 9 nitrogen and oxygen atoms in total. The summed E-state index contributed by atoms with van der Waals surface area (Å²) in [6.45, 7) is 4.81. The molecule has 1 heterocycles. The molecule has 160 valence electrons. The maximum atomic E-state index is 12.7. The van der Waals surface area contributed by atoms with Gasteiger partial charge in [0.15, 0.2) is 0 Å². The second-order valence-corrected chi connectivity index (χ2v) is 9.75. The molecular weight excluding hydrogens is 396 g/mol. The number of sulfonamides is 1. The molecule has 0 aromatic heterocycles. The van der Waals surface area contributed by atoms with Crippen molar-refractivity contribution in [2.45, 2.75) is 32.2 Å². The van der Waals surface area contributed by atoms with Gasteiger partial charge in [-0.1, -0.05) is 26.0 Å². The third-order valence-electron chi connectivity index (χ3n) is 5.14. The number of hydrogen-bond donors (Lipinski definition) is 2. The number of nitrogens with zero attached hydrogens (tertiary/aromatic N) is 2. The van der Waals surface area contributed by atoms with Gasteiger partial charge in [-0.25, -0.2) is 8.42 Å². The first-order valence-corrected chi connectivity index (χ1v) is 11.1. The highest BCUT2D eigenvalue weighted by molar-refractivity contribution is 7.88. The fourth-order valence-corrected chi connectivity index (χ4v) is 3.83.